The van der Waals surface area contributed by atoms with Gasteiger partial charge in [-0.3, -0.25) is 9.59 Å². The van der Waals surface area contributed by atoms with Gasteiger partial charge in [0, 0.05) is 6.42 Å². The second kappa shape index (κ2) is 9.41. The second-order valence-corrected chi connectivity index (χ2v) is 3.42. The molecule has 0 bridgehead atoms. The Morgan fingerprint density at radius 1 is 1.17 bits per heavy atom. The van der Waals surface area contributed by atoms with Crippen molar-refractivity contribution >= 4 is 17.8 Å². The zero-order valence-electron chi connectivity index (χ0n) is 10.7. The van der Waals surface area contributed by atoms with Crippen molar-refractivity contribution in [1.29, 1.82) is 0 Å². The zero-order valence-corrected chi connectivity index (χ0v) is 10.7. The number of nitrogens with one attached hydrogen (secondary N) is 1. The molecule has 1 amide bonds. The maximum atomic E-state index is 11.5. The van der Waals surface area contributed by atoms with Crippen molar-refractivity contribution in [2.24, 2.45) is 5.73 Å². The second-order valence-electron chi connectivity index (χ2n) is 3.42. The molecule has 0 aliphatic heterocycles. The van der Waals surface area contributed by atoms with Gasteiger partial charge in [-0.25, -0.2) is 4.79 Å². The van der Waals surface area contributed by atoms with Gasteiger partial charge in [-0.2, -0.15) is 0 Å². The Hall–Kier alpha value is -1.63. The van der Waals surface area contributed by atoms with Gasteiger partial charge in [0.25, 0.3) is 0 Å². The summed E-state index contributed by atoms with van der Waals surface area (Å²) in [5, 5.41) is 2.40. The normalized spacial score (nSPS) is 11.5. The van der Waals surface area contributed by atoms with Crippen LogP contribution in [0.1, 0.15) is 26.7 Å². The summed E-state index contributed by atoms with van der Waals surface area (Å²) in [5.41, 5.74) is 5.14. The van der Waals surface area contributed by atoms with Crippen molar-refractivity contribution < 1.29 is 23.9 Å². The predicted octanol–water partition coefficient (Wildman–Crippen LogP) is -0.664. The van der Waals surface area contributed by atoms with Gasteiger partial charge in [0.05, 0.1) is 19.8 Å². The van der Waals surface area contributed by atoms with E-state index in [9.17, 15) is 14.4 Å². The van der Waals surface area contributed by atoms with Crippen LogP contribution in [0.4, 0.5) is 0 Å². The highest BCUT2D eigenvalue weighted by molar-refractivity contribution is 5.85. The average molecular weight is 260 g/mol. The summed E-state index contributed by atoms with van der Waals surface area (Å²) in [6.45, 7) is 3.60. The molecular formula is C11H20N2O5. The predicted molar refractivity (Wildman–Crippen MR) is 63.5 cm³/mol. The zero-order chi connectivity index (χ0) is 14.0. The van der Waals surface area contributed by atoms with E-state index in [1.54, 1.807) is 13.8 Å². The maximum absolute atomic E-state index is 11.5. The Morgan fingerprint density at radius 3 is 2.28 bits per heavy atom. The van der Waals surface area contributed by atoms with Crippen molar-refractivity contribution in [3.8, 4) is 0 Å². The number of carbonyl (C=O) groups excluding carboxylic acids is 3. The Kier molecular flexibility index (Phi) is 8.55. The average Bonchev–Trinajstić information content (AvgIpc) is 2.34. The van der Waals surface area contributed by atoms with Crippen LogP contribution < -0.4 is 11.1 Å². The summed E-state index contributed by atoms with van der Waals surface area (Å²) in [7, 11) is 0. The Bertz CT molecular complexity index is 293. The van der Waals surface area contributed by atoms with E-state index < -0.39 is 23.9 Å². The lowest BCUT2D eigenvalue weighted by Gasteiger charge is -2.16. The van der Waals surface area contributed by atoms with Crippen LogP contribution in [-0.4, -0.2) is 43.6 Å². The topological polar surface area (TPSA) is 108 Å². The smallest absolute Gasteiger partial charge is 0.328 e. The van der Waals surface area contributed by atoms with Crippen LogP contribution in [0.5, 0.6) is 0 Å². The molecule has 7 nitrogen and oxygen atoms in total. The molecular weight excluding hydrogens is 240 g/mol. The standard InChI is InChI=1S/C11H20N2O5/c1-3-17-10(15)6-5-8(11(16)18-4-2)13-9(14)7-12/h8H,3-7,12H2,1-2H3,(H,13,14)/t8-/m0/s1. The third kappa shape index (κ3) is 6.85. The van der Waals surface area contributed by atoms with Crippen LogP contribution in [0, 0.1) is 0 Å². The first-order valence-corrected chi connectivity index (χ1v) is 5.86. The van der Waals surface area contributed by atoms with Crippen LogP contribution in [0.15, 0.2) is 0 Å². The third-order valence-corrected chi connectivity index (χ3v) is 2.03. The molecule has 0 aromatic rings. The number of ether oxygens (including phenoxy) is 2. The van der Waals surface area contributed by atoms with E-state index in [4.69, 9.17) is 15.2 Å². The maximum Gasteiger partial charge on any atom is 0.328 e. The molecule has 0 saturated heterocycles. The molecule has 0 aromatic heterocycles. The van der Waals surface area contributed by atoms with Gasteiger partial charge in [-0.15, -0.1) is 0 Å². The first kappa shape index (κ1) is 16.4. The van der Waals surface area contributed by atoms with Crippen molar-refractivity contribution in [2.75, 3.05) is 19.8 Å². The van der Waals surface area contributed by atoms with Gasteiger partial charge < -0.3 is 20.5 Å². The number of hydrogen-bond donors (Lipinski definition) is 2. The van der Waals surface area contributed by atoms with E-state index in [0.29, 0.717) is 0 Å². The minimum absolute atomic E-state index is 0.0299. The third-order valence-electron chi connectivity index (χ3n) is 2.03. The fourth-order valence-electron chi connectivity index (χ4n) is 1.24. The summed E-state index contributed by atoms with van der Waals surface area (Å²) < 4.78 is 9.53. The van der Waals surface area contributed by atoms with E-state index in [2.05, 4.69) is 5.32 Å². The summed E-state index contributed by atoms with van der Waals surface area (Å²) in [6, 6.07) is -0.870. The molecule has 0 unspecified atom stereocenters. The molecule has 0 saturated carbocycles. The highest BCUT2D eigenvalue weighted by Gasteiger charge is 2.22. The van der Waals surface area contributed by atoms with Crippen molar-refractivity contribution in [2.45, 2.75) is 32.7 Å². The summed E-state index contributed by atoms with van der Waals surface area (Å²) in [5.74, 6) is -1.48. The van der Waals surface area contributed by atoms with E-state index >= 15 is 0 Å². The van der Waals surface area contributed by atoms with Crippen LogP contribution in [0.3, 0.4) is 0 Å². The van der Waals surface area contributed by atoms with E-state index in [0.717, 1.165) is 0 Å². The first-order valence-electron chi connectivity index (χ1n) is 5.86. The molecule has 0 radical (unpaired) electrons. The fraction of sp³-hybridized carbons (Fsp3) is 0.727. The first-order chi connectivity index (χ1) is 8.54. The minimum Gasteiger partial charge on any atom is -0.466 e. The number of hydrogen-bond acceptors (Lipinski definition) is 6. The van der Waals surface area contributed by atoms with E-state index in [1.165, 1.54) is 0 Å². The molecule has 1 atom stereocenters. The molecule has 18 heavy (non-hydrogen) atoms. The quantitative estimate of drug-likeness (QED) is 0.561. The van der Waals surface area contributed by atoms with Crippen molar-refractivity contribution in [3.63, 3.8) is 0 Å². The molecule has 7 heteroatoms. The molecule has 0 heterocycles. The summed E-state index contributed by atoms with van der Waals surface area (Å²) in [6.07, 6.45) is 0.158. The van der Waals surface area contributed by atoms with Gasteiger partial charge in [-0.05, 0) is 20.3 Å². The Labute approximate surface area is 106 Å². The highest BCUT2D eigenvalue weighted by Crippen LogP contribution is 2.02. The molecule has 0 spiro atoms. The van der Waals surface area contributed by atoms with E-state index in [-0.39, 0.29) is 32.6 Å². The van der Waals surface area contributed by atoms with Gasteiger partial charge in [0.1, 0.15) is 6.04 Å². The lowest BCUT2D eigenvalue weighted by molar-refractivity contribution is -0.148. The van der Waals surface area contributed by atoms with Crippen LogP contribution in [0.25, 0.3) is 0 Å². The summed E-state index contributed by atoms with van der Waals surface area (Å²) >= 11 is 0. The summed E-state index contributed by atoms with van der Waals surface area (Å²) in [4.78, 5) is 33.8. The molecule has 0 aromatic carbocycles. The molecule has 0 aliphatic carbocycles. The van der Waals surface area contributed by atoms with Crippen molar-refractivity contribution in [1.82, 2.24) is 5.32 Å². The molecule has 0 aliphatic rings. The number of amides is 1. The minimum atomic E-state index is -0.870. The van der Waals surface area contributed by atoms with Gasteiger partial charge in [-0.1, -0.05) is 0 Å². The van der Waals surface area contributed by atoms with Gasteiger partial charge in [0.2, 0.25) is 5.91 Å². The van der Waals surface area contributed by atoms with Crippen LogP contribution in [0.2, 0.25) is 0 Å². The monoisotopic (exact) mass is 260 g/mol. The molecule has 3 N–H and O–H groups in total. The molecule has 0 fully saturated rings. The lowest BCUT2D eigenvalue weighted by Crippen LogP contribution is -2.44. The SMILES string of the molecule is CCOC(=O)CC[C@H](NC(=O)CN)C(=O)OCC. The molecule has 0 rings (SSSR count). The number of carbonyl (C=O) groups is 3. The van der Waals surface area contributed by atoms with Gasteiger partial charge >= 0.3 is 11.9 Å². The van der Waals surface area contributed by atoms with E-state index in [1.807, 2.05) is 0 Å². The largest absolute Gasteiger partial charge is 0.466 e. The van der Waals surface area contributed by atoms with Crippen LogP contribution in [-0.2, 0) is 23.9 Å². The van der Waals surface area contributed by atoms with Crippen LogP contribution >= 0.6 is 0 Å². The highest BCUT2D eigenvalue weighted by atomic mass is 16.5. The number of nitrogens with two attached hydrogens (primary N) is 1. The van der Waals surface area contributed by atoms with Gasteiger partial charge in [0.15, 0.2) is 0 Å². The van der Waals surface area contributed by atoms with Crippen molar-refractivity contribution in [3.05, 3.63) is 0 Å². The molecule has 104 valence electrons. The fourth-order valence-corrected chi connectivity index (χ4v) is 1.24. The Morgan fingerprint density at radius 2 is 1.78 bits per heavy atom. The Balaban J connectivity index is 4.33. The lowest BCUT2D eigenvalue weighted by atomic mass is 10.1. The number of esters is 2. The number of rotatable bonds is 8.